The third-order valence-corrected chi connectivity index (χ3v) is 6.36. The maximum Gasteiger partial charge on any atom is 0.243 e. The standard InChI is InChI=1S/C15H24N2O2S/c1-3-17(11-13-6-4-7-13)20(18,19)15-9-5-8-14(10-16)12(15)2/h5,8-9,13H,3-4,6-7,10-11,16H2,1-2H3. The SMILES string of the molecule is CCN(CC1CCC1)S(=O)(=O)c1cccc(CN)c1C. The maximum atomic E-state index is 12.8. The van der Waals surface area contributed by atoms with Crippen LogP contribution in [0.4, 0.5) is 0 Å². The zero-order valence-corrected chi connectivity index (χ0v) is 13.1. The minimum Gasteiger partial charge on any atom is -0.326 e. The Morgan fingerprint density at radius 1 is 1.35 bits per heavy atom. The zero-order valence-electron chi connectivity index (χ0n) is 12.3. The highest BCUT2D eigenvalue weighted by Crippen LogP contribution is 2.30. The minimum atomic E-state index is -3.41. The van der Waals surface area contributed by atoms with Gasteiger partial charge in [0.2, 0.25) is 10.0 Å². The molecule has 0 saturated heterocycles. The Morgan fingerprint density at radius 2 is 2.05 bits per heavy atom. The van der Waals surface area contributed by atoms with Crippen LogP contribution in [0.1, 0.15) is 37.3 Å². The normalized spacial score (nSPS) is 16.4. The van der Waals surface area contributed by atoms with Crippen LogP contribution in [0.5, 0.6) is 0 Å². The van der Waals surface area contributed by atoms with Gasteiger partial charge in [-0.15, -0.1) is 0 Å². The van der Waals surface area contributed by atoms with Gasteiger partial charge >= 0.3 is 0 Å². The summed E-state index contributed by atoms with van der Waals surface area (Å²) < 4.78 is 27.2. The smallest absolute Gasteiger partial charge is 0.243 e. The van der Waals surface area contributed by atoms with Gasteiger partial charge in [-0.2, -0.15) is 4.31 Å². The first-order valence-electron chi connectivity index (χ1n) is 7.29. The molecular formula is C15H24N2O2S. The second kappa shape index (κ2) is 6.24. The molecule has 112 valence electrons. The van der Waals surface area contributed by atoms with E-state index in [-0.39, 0.29) is 0 Å². The first-order valence-corrected chi connectivity index (χ1v) is 8.73. The van der Waals surface area contributed by atoms with Crippen molar-refractivity contribution in [1.82, 2.24) is 4.31 Å². The van der Waals surface area contributed by atoms with Crippen molar-refractivity contribution >= 4 is 10.0 Å². The molecule has 0 amide bonds. The van der Waals surface area contributed by atoms with Crippen LogP contribution in [0.2, 0.25) is 0 Å². The van der Waals surface area contributed by atoms with E-state index in [1.165, 1.54) is 6.42 Å². The molecule has 0 spiro atoms. The third kappa shape index (κ3) is 2.90. The highest BCUT2D eigenvalue weighted by atomic mass is 32.2. The molecule has 0 aliphatic heterocycles. The number of benzene rings is 1. The van der Waals surface area contributed by atoms with E-state index >= 15 is 0 Å². The molecule has 2 N–H and O–H groups in total. The quantitative estimate of drug-likeness (QED) is 0.876. The second-order valence-electron chi connectivity index (χ2n) is 5.50. The van der Waals surface area contributed by atoms with Crippen LogP contribution in [-0.2, 0) is 16.6 Å². The summed E-state index contributed by atoms with van der Waals surface area (Å²) in [7, 11) is -3.41. The highest BCUT2D eigenvalue weighted by Gasteiger charge is 2.29. The predicted molar refractivity (Wildman–Crippen MR) is 80.8 cm³/mol. The molecule has 1 aliphatic carbocycles. The predicted octanol–water partition coefficient (Wildman–Crippen LogP) is 2.26. The van der Waals surface area contributed by atoms with Crippen LogP contribution in [-0.4, -0.2) is 25.8 Å². The lowest BCUT2D eigenvalue weighted by Crippen LogP contribution is -2.37. The Kier molecular flexibility index (Phi) is 4.83. The van der Waals surface area contributed by atoms with Crippen molar-refractivity contribution in [2.75, 3.05) is 13.1 Å². The van der Waals surface area contributed by atoms with E-state index in [9.17, 15) is 8.42 Å². The molecule has 1 aromatic carbocycles. The van der Waals surface area contributed by atoms with E-state index < -0.39 is 10.0 Å². The molecule has 4 nitrogen and oxygen atoms in total. The Morgan fingerprint density at radius 3 is 2.55 bits per heavy atom. The van der Waals surface area contributed by atoms with E-state index in [0.29, 0.717) is 30.4 Å². The van der Waals surface area contributed by atoms with Crippen LogP contribution in [0.15, 0.2) is 23.1 Å². The summed E-state index contributed by atoms with van der Waals surface area (Å²) >= 11 is 0. The van der Waals surface area contributed by atoms with E-state index in [2.05, 4.69) is 0 Å². The maximum absolute atomic E-state index is 12.8. The fraction of sp³-hybridized carbons (Fsp3) is 0.600. The number of sulfonamides is 1. The Bertz CT molecular complexity index is 565. The summed E-state index contributed by atoms with van der Waals surface area (Å²) in [6.45, 7) is 5.27. The first kappa shape index (κ1) is 15.5. The average molecular weight is 296 g/mol. The molecule has 0 atom stereocenters. The number of hydrogen-bond donors (Lipinski definition) is 1. The molecule has 1 aliphatic rings. The molecule has 0 bridgehead atoms. The summed E-state index contributed by atoms with van der Waals surface area (Å²) in [5.41, 5.74) is 7.35. The molecule has 0 radical (unpaired) electrons. The van der Waals surface area contributed by atoms with Gasteiger partial charge in [-0.1, -0.05) is 25.5 Å². The number of nitrogens with zero attached hydrogens (tertiary/aromatic N) is 1. The van der Waals surface area contributed by atoms with Crippen molar-refractivity contribution in [2.45, 2.75) is 44.6 Å². The van der Waals surface area contributed by atoms with Gasteiger partial charge in [0.15, 0.2) is 0 Å². The Labute approximate surface area is 122 Å². The van der Waals surface area contributed by atoms with Crippen molar-refractivity contribution < 1.29 is 8.42 Å². The van der Waals surface area contributed by atoms with Gasteiger partial charge in [0.05, 0.1) is 4.90 Å². The largest absolute Gasteiger partial charge is 0.326 e. The Balaban J connectivity index is 2.32. The second-order valence-corrected chi connectivity index (χ2v) is 7.40. The lowest BCUT2D eigenvalue weighted by Gasteiger charge is -2.31. The van der Waals surface area contributed by atoms with Crippen LogP contribution in [0.25, 0.3) is 0 Å². The van der Waals surface area contributed by atoms with E-state index in [4.69, 9.17) is 5.73 Å². The lowest BCUT2D eigenvalue weighted by molar-refractivity contribution is 0.250. The minimum absolute atomic E-state index is 0.365. The van der Waals surface area contributed by atoms with Crippen molar-refractivity contribution in [3.8, 4) is 0 Å². The van der Waals surface area contributed by atoms with E-state index in [1.807, 2.05) is 19.9 Å². The van der Waals surface area contributed by atoms with Gasteiger partial charge < -0.3 is 5.73 Å². The number of nitrogens with two attached hydrogens (primary N) is 1. The van der Waals surface area contributed by atoms with Crippen molar-refractivity contribution in [3.63, 3.8) is 0 Å². The molecular weight excluding hydrogens is 272 g/mol. The summed E-state index contributed by atoms with van der Waals surface area (Å²) in [6.07, 6.45) is 3.52. The molecule has 0 unspecified atom stereocenters. The van der Waals surface area contributed by atoms with Crippen LogP contribution in [0.3, 0.4) is 0 Å². The highest BCUT2D eigenvalue weighted by molar-refractivity contribution is 7.89. The lowest BCUT2D eigenvalue weighted by atomic mass is 9.85. The fourth-order valence-corrected chi connectivity index (χ4v) is 4.45. The van der Waals surface area contributed by atoms with Gasteiger partial charge in [0.25, 0.3) is 0 Å². The Hall–Kier alpha value is -0.910. The topological polar surface area (TPSA) is 63.4 Å². The summed E-state index contributed by atoms with van der Waals surface area (Å²) in [5, 5.41) is 0. The van der Waals surface area contributed by atoms with Crippen LogP contribution < -0.4 is 5.73 Å². The molecule has 0 aromatic heterocycles. The van der Waals surface area contributed by atoms with Crippen LogP contribution in [0, 0.1) is 12.8 Å². The molecule has 20 heavy (non-hydrogen) atoms. The summed E-state index contributed by atoms with van der Waals surface area (Å²) in [4.78, 5) is 0.404. The van der Waals surface area contributed by atoms with Gasteiger partial charge in [-0.25, -0.2) is 8.42 Å². The van der Waals surface area contributed by atoms with Crippen molar-refractivity contribution in [2.24, 2.45) is 11.7 Å². The molecule has 2 rings (SSSR count). The van der Waals surface area contributed by atoms with Gasteiger partial charge in [-0.05, 0) is 42.9 Å². The summed E-state index contributed by atoms with van der Waals surface area (Å²) in [6, 6.07) is 5.35. The van der Waals surface area contributed by atoms with Crippen molar-refractivity contribution in [1.29, 1.82) is 0 Å². The van der Waals surface area contributed by atoms with Gasteiger partial charge in [0, 0.05) is 19.6 Å². The summed E-state index contributed by atoms with van der Waals surface area (Å²) in [5.74, 6) is 0.530. The first-order chi connectivity index (χ1) is 9.50. The van der Waals surface area contributed by atoms with Crippen LogP contribution >= 0.6 is 0 Å². The molecule has 1 aromatic rings. The van der Waals surface area contributed by atoms with E-state index in [1.54, 1.807) is 16.4 Å². The van der Waals surface area contributed by atoms with Crippen molar-refractivity contribution in [3.05, 3.63) is 29.3 Å². The molecule has 1 fully saturated rings. The van der Waals surface area contributed by atoms with E-state index in [0.717, 1.165) is 24.0 Å². The third-order valence-electron chi connectivity index (χ3n) is 4.27. The number of rotatable bonds is 6. The van der Waals surface area contributed by atoms with Gasteiger partial charge in [-0.3, -0.25) is 0 Å². The monoisotopic (exact) mass is 296 g/mol. The molecule has 1 saturated carbocycles. The number of hydrogen-bond acceptors (Lipinski definition) is 3. The molecule has 5 heteroatoms. The average Bonchev–Trinajstić information content (AvgIpc) is 2.37. The zero-order chi connectivity index (χ0) is 14.8. The fourth-order valence-electron chi connectivity index (χ4n) is 2.66. The van der Waals surface area contributed by atoms with Gasteiger partial charge in [0.1, 0.15) is 0 Å². The molecule has 0 heterocycles.